The lowest BCUT2D eigenvalue weighted by molar-refractivity contribution is 1.23. The predicted molar refractivity (Wildman–Crippen MR) is 78.9 cm³/mol. The number of nitrogens with two attached hydrogens (primary N) is 1. The van der Waals surface area contributed by atoms with E-state index in [1.54, 1.807) is 6.20 Å². The van der Waals surface area contributed by atoms with Crippen molar-refractivity contribution < 1.29 is 0 Å². The molecule has 4 nitrogen and oxygen atoms in total. The molecule has 0 spiro atoms. The number of halogens is 1. The zero-order valence-electron chi connectivity index (χ0n) is 10.3. The van der Waals surface area contributed by atoms with Gasteiger partial charge in [0, 0.05) is 28.1 Å². The average molecular weight is 307 g/mol. The van der Waals surface area contributed by atoms with Crippen LogP contribution in [0.25, 0.3) is 0 Å². The molecule has 2 aromatic rings. The van der Waals surface area contributed by atoms with Crippen LogP contribution in [0, 0.1) is 13.8 Å². The summed E-state index contributed by atoms with van der Waals surface area (Å²) in [7, 11) is 0. The van der Waals surface area contributed by atoms with Crippen molar-refractivity contribution in [2.45, 2.75) is 13.8 Å². The van der Waals surface area contributed by atoms with Gasteiger partial charge in [0.15, 0.2) is 0 Å². The number of hydrogen-bond donors (Lipinski definition) is 3. The highest BCUT2D eigenvalue weighted by atomic mass is 79.9. The Morgan fingerprint density at radius 2 is 1.78 bits per heavy atom. The molecule has 0 aliphatic rings. The molecule has 18 heavy (non-hydrogen) atoms. The maximum Gasteiger partial charge on any atom is 0.141 e. The number of hydrazine groups is 1. The number of aromatic nitrogens is 1. The zero-order valence-corrected chi connectivity index (χ0v) is 11.9. The van der Waals surface area contributed by atoms with Crippen LogP contribution in [0.5, 0.6) is 0 Å². The van der Waals surface area contributed by atoms with Crippen LogP contribution in [-0.2, 0) is 0 Å². The lowest BCUT2D eigenvalue weighted by Gasteiger charge is -2.11. The van der Waals surface area contributed by atoms with Gasteiger partial charge in [-0.2, -0.15) is 0 Å². The van der Waals surface area contributed by atoms with Crippen LogP contribution in [0.1, 0.15) is 11.1 Å². The third-order valence-electron chi connectivity index (χ3n) is 2.63. The van der Waals surface area contributed by atoms with Gasteiger partial charge in [0.1, 0.15) is 5.82 Å². The molecule has 1 aromatic heterocycles. The monoisotopic (exact) mass is 306 g/mol. The van der Waals surface area contributed by atoms with E-state index in [1.807, 2.05) is 12.1 Å². The van der Waals surface area contributed by atoms with Gasteiger partial charge in [0.2, 0.25) is 0 Å². The molecule has 1 heterocycles. The second-order valence-electron chi connectivity index (χ2n) is 4.12. The largest absolute Gasteiger partial charge is 0.355 e. The van der Waals surface area contributed by atoms with Crippen LogP contribution < -0.4 is 16.6 Å². The number of nitrogen functional groups attached to an aromatic ring is 1. The Labute approximate surface area is 115 Å². The van der Waals surface area contributed by atoms with Crippen molar-refractivity contribution in [3.05, 3.63) is 46.1 Å². The van der Waals surface area contributed by atoms with Crippen LogP contribution in [0.4, 0.5) is 17.2 Å². The molecule has 0 fully saturated rings. The van der Waals surface area contributed by atoms with E-state index in [2.05, 4.69) is 57.6 Å². The summed E-state index contributed by atoms with van der Waals surface area (Å²) in [5.41, 5.74) is 6.91. The Kier molecular flexibility index (Phi) is 3.84. The number of nitrogens with zero attached hydrogens (tertiary/aromatic N) is 1. The second-order valence-corrected chi connectivity index (χ2v) is 4.92. The van der Waals surface area contributed by atoms with Gasteiger partial charge in [-0.15, -0.1) is 0 Å². The van der Waals surface area contributed by atoms with E-state index in [9.17, 15) is 0 Å². The van der Waals surface area contributed by atoms with Crippen LogP contribution in [0.2, 0.25) is 0 Å². The molecule has 4 N–H and O–H groups in total. The molecule has 94 valence electrons. The van der Waals surface area contributed by atoms with Gasteiger partial charge < -0.3 is 10.7 Å². The van der Waals surface area contributed by atoms with Crippen molar-refractivity contribution in [3.8, 4) is 0 Å². The SMILES string of the molecule is Cc1cc(Nc2ccnc(NN)c2)cc(C)c1Br. The minimum Gasteiger partial charge on any atom is -0.355 e. The molecule has 2 rings (SSSR count). The normalized spacial score (nSPS) is 10.2. The molecule has 0 amide bonds. The minimum atomic E-state index is 0.630. The Morgan fingerprint density at radius 1 is 1.11 bits per heavy atom. The van der Waals surface area contributed by atoms with E-state index in [0.29, 0.717) is 5.82 Å². The summed E-state index contributed by atoms with van der Waals surface area (Å²) in [6.07, 6.45) is 1.70. The van der Waals surface area contributed by atoms with E-state index in [0.717, 1.165) is 15.8 Å². The summed E-state index contributed by atoms with van der Waals surface area (Å²) in [6.45, 7) is 4.14. The smallest absolute Gasteiger partial charge is 0.141 e. The Balaban J connectivity index is 2.28. The van der Waals surface area contributed by atoms with Crippen molar-refractivity contribution >= 4 is 33.1 Å². The van der Waals surface area contributed by atoms with Gasteiger partial charge in [-0.05, 0) is 43.2 Å². The third-order valence-corrected chi connectivity index (χ3v) is 3.88. The van der Waals surface area contributed by atoms with E-state index in [4.69, 9.17) is 5.84 Å². The van der Waals surface area contributed by atoms with Crippen molar-refractivity contribution in [2.24, 2.45) is 5.84 Å². The minimum absolute atomic E-state index is 0.630. The quantitative estimate of drug-likeness (QED) is 0.600. The highest BCUT2D eigenvalue weighted by Crippen LogP contribution is 2.27. The summed E-state index contributed by atoms with van der Waals surface area (Å²) in [4.78, 5) is 4.07. The molecule has 1 aromatic carbocycles. The van der Waals surface area contributed by atoms with E-state index >= 15 is 0 Å². The van der Waals surface area contributed by atoms with Crippen LogP contribution in [0.15, 0.2) is 34.9 Å². The maximum absolute atomic E-state index is 5.33. The molecule has 0 aliphatic heterocycles. The number of hydrogen-bond acceptors (Lipinski definition) is 4. The maximum atomic E-state index is 5.33. The first-order chi connectivity index (χ1) is 8.60. The number of anilines is 3. The summed E-state index contributed by atoms with van der Waals surface area (Å²) < 4.78 is 1.15. The highest BCUT2D eigenvalue weighted by Gasteiger charge is 2.03. The number of rotatable bonds is 3. The number of benzene rings is 1. The fraction of sp³-hybridized carbons (Fsp3) is 0.154. The van der Waals surface area contributed by atoms with E-state index < -0.39 is 0 Å². The van der Waals surface area contributed by atoms with Crippen LogP contribution >= 0.6 is 15.9 Å². The highest BCUT2D eigenvalue weighted by molar-refractivity contribution is 9.10. The van der Waals surface area contributed by atoms with Crippen molar-refractivity contribution in [1.82, 2.24) is 4.98 Å². The topological polar surface area (TPSA) is 63.0 Å². The van der Waals surface area contributed by atoms with Crippen LogP contribution in [-0.4, -0.2) is 4.98 Å². The van der Waals surface area contributed by atoms with Gasteiger partial charge in [-0.25, -0.2) is 10.8 Å². The molecule has 0 aliphatic carbocycles. The predicted octanol–water partition coefficient (Wildman–Crippen LogP) is 3.49. The molecule has 0 saturated heterocycles. The summed E-state index contributed by atoms with van der Waals surface area (Å²) >= 11 is 3.56. The van der Waals surface area contributed by atoms with Gasteiger partial charge in [0.25, 0.3) is 0 Å². The van der Waals surface area contributed by atoms with Crippen LogP contribution in [0.3, 0.4) is 0 Å². The molecule has 5 heteroatoms. The summed E-state index contributed by atoms with van der Waals surface area (Å²) in [5.74, 6) is 5.96. The van der Waals surface area contributed by atoms with E-state index in [-0.39, 0.29) is 0 Å². The molecular weight excluding hydrogens is 292 g/mol. The first-order valence-electron chi connectivity index (χ1n) is 5.56. The van der Waals surface area contributed by atoms with Crippen molar-refractivity contribution in [2.75, 3.05) is 10.7 Å². The summed E-state index contributed by atoms with van der Waals surface area (Å²) in [5, 5.41) is 3.33. The lowest BCUT2D eigenvalue weighted by Crippen LogP contribution is -2.08. The molecular formula is C13H15BrN4. The van der Waals surface area contributed by atoms with Gasteiger partial charge in [-0.3, -0.25) is 0 Å². The Morgan fingerprint density at radius 3 is 2.39 bits per heavy atom. The molecule has 0 unspecified atom stereocenters. The average Bonchev–Trinajstić information content (AvgIpc) is 2.36. The molecule has 0 radical (unpaired) electrons. The number of aryl methyl sites for hydroxylation is 2. The Bertz CT molecular complexity index is 546. The fourth-order valence-corrected chi connectivity index (χ4v) is 2.00. The third kappa shape index (κ3) is 2.80. The first kappa shape index (κ1) is 12.9. The van der Waals surface area contributed by atoms with Crippen molar-refractivity contribution in [3.63, 3.8) is 0 Å². The zero-order chi connectivity index (χ0) is 13.1. The van der Waals surface area contributed by atoms with Gasteiger partial charge in [-0.1, -0.05) is 15.9 Å². The van der Waals surface area contributed by atoms with E-state index in [1.165, 1.54) is 11.1 Å². The molecule has 0 saturated carbocycles. The van der Waals surface area contributed by atoms with Crippen molar-refractivity contribution in [1.29, 1.82) is 0 Å². The standard InChI is InChI=1S/C13H15BrN4/c1-8-5-11(6-9(2)13(8)14)17-10-3-4-16-12(7-10)18-15/h3-7H,15H2,1-2H3,(H2,16,17,18). The first-order valence-corrected chi connectivity index (χ1v) is 6.36. The molecule has 0 bridgehead atoms. The molecule has 0 atom stereocenters. The van der Waals surface area contributed by atoms with Gasteiger partial charge >= 0.3 is 0 Å². The number of nitrogens with one attached hydrogen (secondary N) is 2. The summed E-state index contributed by atoms with van der Waals surface area (Å²) in [6, 6.07) is 7.93. The second kappa shape index (κ2) is 5.37. The lowest BCUT2D eigenvalue weighted by atomic mass is 10.1. The van der Waals surface area contributed by atoms with Gasteiger partial charge in [0.05, 0.1) is 0 Å². The Hall–Kier alpha value is -1.59. The fourth-order valence-electron chi connectivity index (χ4n) is 1.77. The number of pyridine rings is 1.